The van der Waals surface area contributed by atoms with Crippen LogP contribution in [0.15, 0.2) is 48.8 Å². The van der Waals surface area contributed by atoms with Crippen LogP contribution in [0.1, 0.15) is 44.2 Å². The van der Waals surface area contributed by atoms with Gasteiger partial charge in [0.2, 0.25) is 0 Å². The van der Waals surface area contributed by atoms with Gasteiger partial charge in [-0.15, -0.1) is 0 Å². The molecule has 4 heterocycles. The Morgan fingerprint density at radius 2 is 1.31 bits per heavy atom. The van der Waals surface area contributed by atoms with E-state index in [1.54, 1.807) is 43.7 Å². The summed E-state index contributed by atoms with van der Waals surface area (Å²) in [5.74, 6) is -1.92. The number of hydrogen-bond acceptors (Lipinski definition) is 9. The van der Waals surface area contributed by atoms with Gasteiger partial charge in [-0.25, -0.2) is 0 Å². The highest BCUT2D eigenvalue weighted by Crippen LogP contribution is 2.60. The molecule has 2 aromatic heterocycles. The number of carbonyl (C=O) groups is 3. The molecule has 0 radical (unpaired) electrons. The molecule has 2 aliphatic rings. The van der Waals surface area contributed by atoms with Gasteiger partial charge in [-0.2, -0.15) is 0 Å². The Morgan fingerprint density at radius 3 is 1.63 bits per heavy atom. The molecule has 9 heteroatoms. The first-order valence-corrected chi connectivity index (χ1v) is 11.6. The highest BCUT2D eigenvalue weighted by Gasteiger charge is 2.75. The maximum Gasteiger partial charge on any atom is 0.322 e. The number of likely N-dealkylation sites (tertiary alicyclic amines) is 2. The van der Waals surface area contributed by atoms with E-state index in [9.17, 15) is 14.4 Å². The van der Waals surface area contributed by atoms with Crippen molar-refractivity contribution in [1.82, 2.24) is 19.8 Å². The molecular weight excluding hydrogens is 448 g/mol. The number of fused-ring (bicyclic) bond motifs is 2. The van der Waals surface area contributed by atoms with Crippen LogP contribution in [0.4, 0.5) is 0 Å². The first kappa shape index (κ1) is 24.9. The maximum absolute atomic E-state index is 14.7. The Kier molecular flexibility index (Phi) is 6.27. The number of Topliss-reactive ketones (excluding diaryl/α,β-unsaturated/α-hetero) is 1. The van der Waals surface area contributed by atoms with Crippen molar-refractivity contribution >= 4 is 17.7 Å². The van der Waals surface area contributed by atoms with Gasteiger partial charge in [-0.05, 0) is 52.1 Å². The van der Waals surface area contributed by atoms with Gasteiger partial charge in [-0.1, -0.05) is 12.1 Å². The first-order chi connectivity index (χ1) is 16.6. The number of ether oxygens (including phenoxy) is 2. The topological polar surface area (TPSA) is 102 Å². The number of nitrogens with zero attached hydrogens (tertiary/aromatic N) is 4. The van der Waals surface area contributed by atoms with Crippen molar-refractivity contribution in [3.05, 3.63) is 60.2 Å². The molecule has 0 saturated carbocycles. The van der Waals surface area contributed by atoms with E-state index in [2.05, 4.69) is 9.97 Å². The summed E-state index contributed by atoms with van der Waals surface area (Å²) in [5.41, 5.74) is -2.85. The van der Waals surface area contributed by atoms with Crippen LogP contribution in [0, 0.1) is 10.8 Å². The smallest absolute Gasteiger partial charge is 0.322 e. The molecule has 2 saturated heterocycles. The highest BCUT2D eigenvalue weighted by atomic mass is 16.5. The number of piperidine rings is 2. The van der Waals surface area contributed by atoms with E-state index in [1.807, 2.05) is 42.7 Å². The number of rotatable bonds is 4. The van der Waals surface area contributed by atoms with Crippen molar-refractivity contribution in [3.8, 4) is 0 Å². The molecule has 4 rings (SSSR count). The Labute approximate surface area is 205 Å². The fraction of sp³-hybridized carbons (Fsp3) is 0.500. The summed E-state index contributed by atoms with van der Waals surface area (Å²) in [6.45, 7) is 6.11. The summed E-state index contributed by atoms with van der Waals surface area (Å²) in [5, 5.41) is 0. The van der Waals surface area contributed by atoms with Gasteiger partial charge in [0.25, 0.3) is 0 Å². The Hall–Kier alpha value is -3.17. The first-order valence-electron chi connectivity index (χ1n) is 11.6. The second kappa shape index (κ2) is 8.80. The van der Waals surface area contributed by atoms with E-state index >= 15 is 0 Å². The molecule has 0 aliphatic carbocycles. The third-order valence-electron chi connectivity index (χ3n) is 7.42. The van der Waals surface area contributed by atoms with E-state index < -0.39 is 46.2 Å². The fourth-order valence-electron chi connectivity index (χ4n) is 5.84. The number of carbonyl (C=O) groups excluding carboxylic acids is 3. The molecule has 9 nitrogen and oxygen atoms in total. The molecule has 186 valence electrons. The maximum atomic E-state index is 14.7. The van der Waals surface area contributed by atoms with Crippen LogP contribution in [0.25, 0.3) is 0 Å². The Balaban J connectivity index is 2.11. The zero-order valence-electron chi connectivity index (χ0n) is 21.0. The van der Waals surface area contributed by atoms with Crippen molar-refractivity contribution in [1.29, 1.82) is 0 Å². The standard InChI is InChI=1S/C26H32N4O5/c1-24(2,3)30-15-25(22(32)34-5)19(17-11-7-9-13-27-17)29(4)20(18-12-8-10-14-28-18)26(16-30,21(25)31)23(33)35-6/h7-14,19-20H,15-16H2,1-6H3/t19?,20?,25-,26+. The van der Waals surface area contributed by atoms with Gasteiger partial charge in [-0.3, -0.25) is 34.2 Å². The van der Waals surface area contributed by atoms with E-state index in [1.165, 1.54) is 14.2 Å². The number of pyridine rings is 2. The van der Waals surface area contributed by atoms with Crippen LogP contribution < -0.4 is 0 Å². The third-order valence-corrected chi connectivity index (χ3v) is 7.42. The molecule has 0 N–H and O–H groups in total. The lowest BCUT2D eigenvalue weighted by molar-refractivity contribution is -0.207. The molecule has 2 fully saturated rings. The number of methoxy groups -OCH3 is 2. The van der Waals surface area contributed by atoms with Crippen LogP contribution in [0.5, 0.6) is 0 Å². The van der Waals surface area contributed by atoms with Gasteiger partial charge in [0.05, 0.1) is 37.7 Å². The van der Waals surface area contributed by atoms with E-state index in [0.29, 0.717) is 11.4 Å². The van der Waals surface area contributed by atoms with Crippen molar-refractivity contribution in [2.45, 2.75) is 38.4 Å². The number of esters is 2. The average Bonchev–Trinajstić information content (AvgIpc) is 2.84. The zero-order chi connectivity index (χ0) is 25.6. The Morgan fingerprint density at radius 1 is 0.886 bits per heavy atom. The molecule has 2 unspecified atom stereocenters. The van der Waals surface area contributed by atoms with Gasteiger partial charge in [0.15, 0.2) is 16.6 Å². The van der Waals surface area contributed by atoms with E-state index in [0.717, 1.165) is 0 Å². The molecule has 4 atom stereocenters. The summed E-state index contributed by atoms with van der Waals surface area (Å²) < 4.78 is 10.6. The van der Waals surface area contributed by atoms with Crippen molar-refractivity contribution in [2.24, 2.45) is 10.8 Å². The molecule has 2 bridgehead atoms. The molecule has 0 amide bonds. The monoisotopic (exact) mass is 480 g/mol. The molecule has 35 heavy (non-hydrogen) atoms. The molecule has 2 aliphatic heterocycles. The zero-order valence-corrected chi connectivity index (χ0v) is 21.0. The molecule has 0 spiro atoms. The summed E-state index contributed by atoms with van der Waals surface area (Å²) in [7, 11) is 4.33. The minimum absolute atomic E-state index is 0.0707. The lowest BCUT2D eigenvalue weighted by Crippen LogP contribution is -2.77. The highest BCUT2D eigenvalue weighted by molar-refractivity contribution is 6.17. The lowest BCUT2D eigenvalue weighted by Gasteiger charge is -2.62. The van der Waals surface area contributed by atoms with E-state index in [4.69, 9.17) is 9.47 Å². The van der Waals surface area contributed by atoms with Crippen LogP contribution >= 0.6 is 0 Å². The van der Waals surface area contributed by atoms with Crippen molar-refractivity contribution < 1.29 is 23.9 Å². The molecule has 2 aromatic rings. The number of aromatic nitrogens is 2. The van der Waals surface area contributed by atoms with Gasteiger partial charge in [0.1, 0.15) is 0 Å². The predicted octanol–water partition coefficient (Wildman–Crippen LogP) is 2.21. The second-order valence-corrected chi connectivity index (χ2v) is 10.3. The van der Waals surface area contributed by atoms with Gasteiger partial charge < -0.3 is 9.47 Å². The minimum Gasteiger partial charge on any atom is -0.468 e. The third kappa shape index (κ3) is 3.56. The largest absolute Gasteiger partial charge is 0.468 e. The van der Waals surface area contributed by atoms with Gasteiger partial charge in [0, 0.05) is 31.0 Å². The number of hydrogen-bond donors (Lipinski definition) is 0. The average molecular weight is 481 g/mol. The summed E-state index contributed by atoms with van der Waals surface area (Å²) in [4.78, 5) is 55.1. The van der Waals surface area contributed by atoms with Gasteiger partial charge >= 0.3 is 11.9 Å². The Bertz CT molecular complexity index is 1040. The fourth-order valence-corrected chi connectivity index (χ4v) is 5.84. The van der Waals surface area contributed by atoms with Crippen molar-refractivity contribution in [3.63, 3.8) is 0 Å². The van der Waals surface area contributed by atoms with Crippen LogP contribution in [0.2, 0.25) is 0 Å². The second-order valence-electron chi connectivity index (χ2n) is 10.3. The SMILES string of the molecule is COC(=O)[C@@]12CN(C(C)(C)C)C[C@@](C(=O)OC)(C1=O)C(c1ccccn1)N(C)C2c1ccccn1. The molecule has 0 aromatic carbocycles. The normalized spacial score (nSPS) is 29.5. The van der Waals surface area contributed by atoms with Crippen LogP contribution in [-0.4, -0.2) is 77.4 Å². The van der Waals surface area contributed by atoms with E-state index in [-0.39, 0.29) is 13.1 Å². The lowest BCUT2D eigenvalue weighted by atomic mass is 9.54. The predicted molar refractivity (Wildman–Crippen MR) is 127 cm³/mol. The minimum atomic E-state index is -1.72. The van der Waals surface area contributed by atoms with Crippen LogP contribution in [-0.2, 0) is 23.9 Å². The van der Waals surface area contributed by atoms with Crippen molar-refractivity contribution in [2.75, 3.05) is 34.4 Å². The quantitative estimate of drug-likeness (QED) is 0.481. The summed E-state index contributed by atoms with van der Waals surface area (Å²) in [6.07, 6.45) is 3.25. The summed E-state index contributed by atoms with van der Waals surface area (Å²) >= 11 is 0. The summed E-state index contributed by atoms with van der Waals surface area (Å²) in [6, 6.07) is 9.14. The molecular formula is C26H32N4O5. The van der Waals surface area contributed by atoms with Crippen LogP contribution in [0.3, 0.4) is 0 Å². The number of ketones is 1.